The third-order valence-corrected chi connectivity index (χ3v) is 3.72. The smallest absolute Gasteiger partial charge is 0.0986 e. The second-order valence-corrected chi connectivity index (χ2v) is 5.20. The molecule has 0 aliphatic heterocycles. The van der Waals surface area contributed by atoms with Crippen molar-refractivity contribution in [3.8, 4) is 16.9 Å². The Bertz CT molecular complexity index is 762. The summed E-state index contributed by atoms with van der Waals surface area (Å²) in [5.41, 5.74) is 4.94. The lowest BCUT2D eigenvalue weighted by Crippen LogP contribution is -2.03. The van der Waals surface area contributed by atoms with Crippen molar-refractivity contribution in [2.75, 3.05) is 0 Å². The summed E-state index contributed by atoms with van der Waals surface area (Å²) in [5, 5.41) is 24.1. The van der Waals surface area contributed by atoms with Gasteiger partial charge >= 0.3 is 0 Å². The van der Waals surface area contributed by atoms with E-state index in [-0.39, 0.29) is 13.2 Å². The average Bonchev–Trinajstić information content (AvgIpc) is 2.95. The highest BCUT2D eigenvalue weighted by molar-refractivity contribution is 5.65. The van der Waals surface area contributed by atoms with Crippen molar-refractivity contribution < 1.29 is 10.2 Å². The van der Waals surface area contributed by atoms with Gasteiger partial charge in [-0.05, 0) is 19.1 Å². The van der Waals surface area contributed by atoms with Crippen molar-refractivity contribution >= 4 is 0 Å². The molecule has 4 nitrogen and oxygen atoms in total. The summed E-state index contributed by atoms with van der Waals surface area (Å²) in [6, 6.07) is 17.6. The quantitative estimate of drug-likeness (QED) is 0.778. The van der Waals surface area contributed by atoms with Gasteiger partial charge in [-0.3, -0.25) is 0 Å². The van der Waals surface area contributed by atoms with Crippen LogP contribution in [0.25, 0.3) is 16.9 Å². The summed E-state index contributed by atoms with van der Waals surface area (Å²) in [7, 11) is 0. The molecule has 0 aliphatic rings. The number of aromatic nitrogens is 2. The topological polar surface area (TPSA) is 58.3 Å². The molecule has 0 unspecified atom stereocenters. The maximum Gasteiger partial charge on any atom is 0.0986 e. The predicted octanol–water partition coefficient (Wildman–Crippen LogP) is 2.83. The number of nitrogens with zero attached hydrogens (tertiary/aromatic N) is 2. The number of benzene rings is 2. The van der Waals surface area contributed by atoms with Crippen LogP contribution in [0.5, 0.6) is 0 Å². The van der Waals surface area contributed by atoms with E-state index in [1.807, 2.05) is 61.5 Å². The third kappa shape index (κ3) is 2.54. The molecule has 0 fully saturated rings. The van der Waals surface area contributed by atoms with E-state index in [9.17, 15) is 10.2 Å². The van der Waals surface area contributed by atoms with Crippen LogP contribution in [-0.4, -0.2) is 20.0 Å². The molecule has 0 bridgehead atoms. The summed E-state index contributed by atoms with van der Waals surface area (Å²) in [5.74, 6) is 0. The van der Waals surface area contributed by atoms with Gasteiger partial charge in [-0.15, -0.1) is 0 Å². The normalized spacial score (nSPS) is 10.9. The Morgan fingerprint density at radius 3 is 2.18 bits per heavy atom. The summed E-state index contributed by atoms with van der Waals surface area (Å²) >= 11 is 0. The Labute approximate surface area is 129 Å². The zero-order valence-electron chi connectivity index (χ0n) is 12.4. The maximum absolute atomic E-state index is 9.74. The molecule has 3 rings (SSSR count). The minimum Gasteiger partial charge on any atom is -0.392 e. The number of hydrogen-bond acceptors (Lipinski definition) is 3. The van der Waals surface area contributed by atoms with E-state index < -0.39 is 0 Å². The molecule has 112 valence electrons. The van der Waals surface area contributed by atoms with Crippen molar-refractivity contribution in [2.45, 2.75) is 20.1 Å². The standard InChI is InChI=1S/C18H18N2O2/c1-13-7-9-14(10-8-13)18-16(11-21)17(12-22)20(19-18)15-5-3-2-4-6-15/h2-10,21-22H,11-12H2,1H3. The van der Waals surface area contributed by atoms with Gasteiger partial charge in [0.25, 0.3) is 0 Å². The fraction of sp³-hybridized carbons (Fsp3) is 0.167. The van der Waals surface area contributed by atoms with Gasteiger partial charge in [-0.1, -0.05) is 48.0 Å². The lowest BCUT2D eigenvalue weighted by atomic mass is 10.1. The van der Waals surface area contributed by atoms with Crippen molar-refractivity contribution in [3.05, 3.63) is 71.4 Å². The Balaban J connectivity index is 2.19. The van der Waals surface area contributed by atoms with Gasteiger partial charge in [-0.25, -0.2) is 4.68 Å². The fourth-order valence-electron chi connectivity index (χ4n) is 2.54. The second kappa shape index (κ2) is 6.13. The van der Waals surface area contributed by atoms with Crippen LogP contribution in [0, 0.1) is 6.92 Å². The first kappa shape index (κ1) is 14.5. The third-order valence-electron chi connectivity index (χ3n) is 3.72. The predicted molar refractivity (Wildman–Crippen MR) is 85.6 cm³/mol. The molecule has 2 N–H and O–H groups in total. The molecule has 22 heavy (non-hydrogen) atoms. The van der Waals surface area contributed by atoms with Gasteiger partial charge in [0.15, 0.2) is 0 Å². The zero-order chi connectivity index (χ0) is 15.5. The molecule has 1 aromatic heterocycles. The molecular weight excluding hydrogens is 276 g/mol. The minimum absolute atomic E-state index is 0.161. The molecule has 0 spiro atoms. The van der Waals surface area contributed by atoms with Gasteiger partial charge in [0.1, 0.15) is 0 Å². The van der Waals surface area contributed by atoms with Crippen LogP contribution in [0.2, 0.25) is 0 Å². The van der Waals surface area contributed by atoms with Crippen LogP contribution < -0.4 is 0 Å². The van der Waals surface area contributed by atoms with E-state index in [0.717, 1.165) is 11.3 Å². The van der Waals surface area contributed by atoms with Crippen LogP contribution in [-0.2, 0) is 13.2 Å². The molecule has 0 aliphatic carbocycles. The molecule has 0 saturated carbocycles. The average molecular weight is 294 g/mol. The van der Waals surface area contributed by atoms with E-state index in [1.165, 1.54) is 5.56 Å². The molecule has 2 aromatic carbocycles. The number of aryl methyl sites for hydroxylation is 1. The number of hydrogen-bond donors (Lipinski definition) is 2. The minimum atomic E-state index is -0.177. The Morgan fingerprint density at radius 1 is 0.909 bits per heavy atom. The van der Waals surface area contributed by atoms with Gasteiger partial charge in [-0.2, -0.15) is 5.10 Å². The van der Waals surface area contributed by atoms with Crippen molar-refractivity contribution in [2.24, 2.45) is 0 Å². The second-order valence-electron chi connectivity index (χ2n) is 5.20. The highest BCUT2D eigenvalue weighted by Crippen LogP contribution is 2.28. The van der Waals surface area contributed by atoms with Crippen LogP contribution in [0.1, 0.15) is 16.8 Å². The summed E-state index contributed by atoms with van der Waals surface area (Å²) in [4.78, 5) is 0. The van der Waals surface area contributed by atoms with Gasteiger partial charge in [0.2, 0.25) is 0 Å². The molecule has 0 saturated heterocycles. The Morgan fingerprint density at radius 2 is 1.59 bits per heavy atom. The molecule has 0 atom stereocenters. The zero-order valence-corrected chi connectivity index (χ0v) is 12.4. The Hall–Kier alpha value is -2.43. The largest absolute Gasteiger partial charge is 0.392 e. The lowest BCUT2D eigenvalue weighted by Gasteiger charge is -2.05. The first-order chi connectivity index (χ1) is 10.7. The van der Waals surface area contributed by atoms with Crippen LogP contribution in [0.4, 0.5) is 0 Å². The first-order valence-electron chi connectivity index (χ1n) is 7.19. The first-order valence-corrected chi connectivity index (χ1v) is 7.19. The number of para-hydroxylation sites is 1. The molecule has 0 radical (unpaired) electrons. The van der Waals surface area contributed by atoms with E-state index >= 15 is 0 Å². The van der Waals surface area contributed by atoms with E-state index in [2.05, 4.69) is 5.10 Å². The summed E-state index contributed by atoms with van der Waals surface area (Å²) in [6.07, 6.45) is 0. The van der Waals surface area contributed by atoms with Gasteiger partial charge in [0, 0.05) is 11.1 Å². The maximum atomic E-state index is 9.74. The van der Waals surface area contributed by atoms with Gasteiger partial charge < -0.3 is 10.2 Å². The van der Waals surface area contributed by atoms with Gasteiger partial charge in [0.05, 0.1) is 30.3 Å². The van der Waals surface area contributed by atoms with Crippen molar-refractivity contribution in [1.82, 2.24) is 9.78 Å². The van der Waals surface area contributed by atoms with E-state index in [1.54, 1.807) is 4.68 Å². The molecular formula is C18H18N2O2. The highest BCUT2D eigenvalue weighted by atomic mass is 16.3. The van der Waals surface area contributed by atoms with Crippen molar-refractivity contribution in [1.29, 1.82) is 0 Å². The summed E-state index contributed by atoms with van der Waals surface area (Å²) < 4.78 is 1.70. The van der Waals surface area contributed by atoms with E-state index in [0.29, 0.717) is 17.0 Å². The lowest BCUT2D eigenvalue weighted by molar-refractivity contribution is 0.255. The Kier molecular flexibility index (Phi) is 4.04. The molecule has 1 heterocycles. The SMILES string of the molecule is Cc1ccc(-c2nn(-c3ccccc3)c(CO)c2CO)cc1. The monoisotopic (exact) mass is 294 g/mol. The number of aliphatic hydroxyl groups is 2. The van der Waals surface area contributed by atoms with Crippen LogP contribution in [0.15, 0.2) is 54.6 Å². The molecule has 4 heteroatoms. The van der Waals surface area contributed by atoms with Crippen molar-refractivity contribution in [3.63, 3.8) is 0 Å². The molecule has 3 aromatic rings. The number of aliphatic hydroxyl groups excluding tert-OH is 2. The van der Waals surface area contributed by atoms with Crippen LogP contribution >= 0.6 is 0 Å². The van der Waals surface area contributed by atoms with E-state index in [4.69, 9.17) is 0 Å². The summed E-state index contributed by atoms with van der Waals surface area (Å²) in [6.45, 7) is 1.69. The van der Waals surface area contributed by atoms with Crippen LogP contribution in [0.3, 0.4) is 0 Å². The fourth-order valence-corrected chi connectivity index (χ4v) is 2.54. The number of rotatable bonds is 4. The highest BCUT2D eigenvalue weighted by Gasteiger charge is 2.18. The molecule has 0 amide bonds.